The Morgan fingerprint density at radius 1 is 1.29 bits per heavy atom. The molecule has 2 rings (SSSR count). The van der Waals surface area contributed by atoms with Crippen LogP contribution in [0.25, 0.3) is 0 Å². The Hall–Kier alpha value is -2.77. The Kier molecular flexibility index (Phi) is 4.97. The number of carbonyl (C=O) groups is 2. The van der Waals surface area contributed by atoms with Gasteiger partial charge in [-0.15, -0.1) is 10.2 Å². The number of nitrogens with zero attached hydrogens (tertiary/aromatic N) is 3. The van der Waals surface area contributed by atoms with E-state index in [9.17, 15) is 9.59 Å². The van der Waals surface area contributed by atoms with Gasteiger partial charge in [-0.05, 0) is 12.1 Å². The van der Waals surface area contributed by atoms with Crippen molar-refractivity contribution in [1.82, 2.24) is 25.9 Å². The maximum absolute atomic E-state index is 11.8. The zero-order valence-corrected chi connectivity index (χ0v) is 11.5. The highest BCUT2D eigenvalue weighted by molar-refractivity contribution is 5.92. The summed E-state index contributed by atoms with van der Waals surface area (Å²) in [5.74, 6) is 0.239. The van der Waals surface area contributed by atoms with Gasteiger partial charge in [0.05, 0.1) is 6.54 Å². The van der Waals surface area contributed by atoms with Crippen molar-refractivity contribution >= 4 is 17.5 Å². The van der Waals surface area contributed by atoms with Crippen molar-refractivity contribution in [3.8, 4) is 0 Å². The normalized spacial score (nSPS) is 11.7. The summed E-state index contributed by atoms with van der Waals surface area (Å²) >= 11 is 0. The molecule has 8 nitrogen and oxygen atoms in total. The summed E-state index contributed by atoms with van der Waals surface area (Å²) in [4.78, 5) is 23.4. The third-order valence-corrected chi connectivity index (χ3v) is 2.81. The number of Topliss-reactive ketones (excluding diaryl/α,β-unsaturated/α-hetero) is 1. The third-order valence-electron chi connectivity index (χ3n) is 2.81. The molecule has 0 aliphatic heterocycles. The molecule has 3 N–H and O–H groups in total. The van der Waals surface area contributed by atoms with E-state index < -0.39 is 6.03 Å². The highest BCUT2D eigenvalue weighted by Crippen LogP contribution is 2.12. The number of rotatable bonds is 6. The van der Waals surface area contributed by atoms with Crippen molar-refractivity contribution in [3.05, 3.63) is 36.2 Å². The van der Waals surface area contributed by atoms with Gasteiger partial charge in [0, 0.05) is 18.0 Å². The predicted octanol–water partition coefficient (Wildman–Crippen LogP) is 1.08. The van der Waals surface area contributed by atoms with Gasteiger partial charge in [-0.1, -0.05) is 30.3 Å². The largest absolute Gasteiger partial charge is 0.331 e. The smallest absolute Gasteiger partial charge is 0.319 e. The number of amides is 2. The summed E-state index contributed by atoms with van der Waals surface area (Å²) < 4.78 is 0. The Bertz CT molecular complexity index is 584. The number of urea groups is 1. The minimum Gasteiger partial charge on any atom is -0.331 e. The maximum atomic E-state index is 11.8. The number of para-hydroxylation sites is 1. The van der Waals surface area contributed by atoms with E-state index in [0.717, 1.165) is 0 Å². The summed E-state index contributed by atoms with van der Waals surface area (Å²) in [6.07, 6.45) is 0.241. The number of anilines is 1. The van der Waals surface area contributed by atoms with E-state index in [-0.39, 0.29) is 24.7 Å². The highest BCUT2D eigenvalue weighted by atomic mass is 16.2. The molecule has 1 aromatic carbocycles. The zero-order valence-electron chi connectivity index (χ0n) is 11.5. The second kappa shape index (κ2) is 7.13. The zero-order chi connectivity index (χ0) is 15.1. The lowest BCUT2D eigenvalue weighted by Gasteiger charge is -2.08. The molecule has 0 radical (unpaired) electrons. The number of carbonyl (C=O) groups excluding carboxylic acids is 2. The first-order chi connectivity index (χ1) is 10.1. The number of aromatic amines is 1. The van der Waals surface area contributed by atoms with Crippen LogP contribution in [-0.4, -0.2) is 39.0 Å². The summed E-state index contributed by atoms with van der Waals surface area (Å²) in [6.45, 7) is 1.79. The minimum absolute atomic E-state index is 0.0408. The lowest BCUT2D eigenvalue weighted by atomic mass is 10.0. The van der Waals surface area contributed by atoms with Gasteiger partial charge >= 0.3 is 6.03 Å². The van der Waals surface area contributed by atoms with Gasteiger partial charge in [-0.3, -0.25) is 4.79 Å². The predicted molar refractivity (Wildman–Crippen MR) is 75.7 cm³/mol. The Morgan fingerprint density at radius 2 is 2.05 bits per heavy atom. The number of nitrogens with one attached hydrogen (secondary N) is 3. The van der Waals surface area contributed by atoms with Gasteiger partial charge in [-0.2, -0.15) is 5.21 Å². The topological polar surface area (TPSA) is 113 Å². The van der Waals surface area contributed by atoms with Crippen molar-refractivity contribution in [2.24, 2.45) is 0 Å². The molecule has 0 fully saturated rings. The third kappa shape index (κ3) is 4.68. The minimum atomic E-state index is -0.415. The van der Waals surface area contributed by atoms with Gasteiger partial charge in [0.25, 0.3) is 0 Å². The molecular weight excluding hydrogens is 272 g/mol. The van der Waals surface area contributed by atoms with Crippen LogP contribution >= 0.6 is 0 Å². The van der Waals surface area contributed by atoms with Crippen LogP contribution in [-0.2, 0) is 4.79 Å². The quantitative estimate of drug-likeness (QED) is 0.736. The lowest BCUT2D eigenvalue weighted by Crippen LogP contribution is -2.33. The van der Waals surface area contributed by atoms with E-state index in [0.29, 0.717) is 11.5 Å². The van der Waals surface area contributed by atoms with Gasteiger partial charge in [0.2, 0.25) is 0 Å². The number of hydrogen-bond acceptors (Lipinski definition) is 5. The van der Waals surface area contributed by atoms with Crippen LogP contribution in [0, 0.1) is 0 Å². The molecule has 0 saturated heterocycles. The molecule has 1 unspecified atom stereocenters. The van der Waals surface area contributed by atoms with Gasteiger partial charge < -0.3 is 10.6 Å². The molecule has 1 heterocycles. The van der Waals surface area contributed by atoms with Gasteiger partial charge in [0.15, 0.2) is 11.6 Å². The van der Waals surface area contributed by atoms with Crippen molar-refractivity contribution in [2.75, 3.05) is 11.9 Å². The number of ketones is 1. The Balaban J connectivity index is 1.72. The molecule has 0 spiro atoms. The fourth-order valence-electron chi connectivity index (χ4n) is 1.76. The van der Waals surface area contributed by atoms with Crippen LogP contribution in [0.15, 0.2) is 30.3 Å². The van der Waals surface area contributed by atoms with E-state index in [1.807, 2.05) is 25.1 Å². The van der Waals surface area contributed by atoms with Crippen LogP contribution in [0.1, 0.15) is 25.1 Å². The lowest BCUT2D eigenvalue weighted by molar-refractivity contribution is -0.118. The summed E-state index contributed by atoms with van der Waals surface area (Å²) in [6, 6.07) is 8.59. The van der Waals surface area contributed by atoms with Gasteiger partial charge in [0.1, 0.15) is 0 Å². The molecule has 21 heavy (non-hydrogen) atoms. The molecule has 1 atom stereocenters. The molecule has 8 heteroatoms. The molecule has 110 valence electrons. The number of hydrogen-bond donors (Lipinski definition) is 3. The first-order valence-corrected chi connectivity index (χ1v) is 6.50. The second-order valence-electron chi connectivity index (χ2n) is 4.59. The fraction of sp³-hybridized carbons (Fsp3) is 0.308. The molecule has 2 amide bonds. The summed E-state index contributed by atoms with van der Waals surface area (Å²) in [7, 11) is 0. The molecule has 0 bridgehead atoms. The first-order valence-electron chi connectivity index (χ1n) is 6.50. The molecular formula is C13H16N6O2. The monoisotopic (exact) mass is 288 g/mol. The van der Waals surface area contributed by atoms with Crippen LogP contribution in [0.3, 0.4) is 0 Å². The van der Waals surface area contributed by atoms with Crippen molar-refractivity contribution in [1.29, 1.82) is 0 Å². The van der Waals surface area contributed by atoms with Crippen LogP contribution < -0.4 is 10.6 Å². The number of H-pyrrole nitrogens is 1. The van der Waals surface area contributed by atoms with E-state index in [1.165, 1.54) is 0 Å². The molecule has 0 aliphatic carbocycles. The van der Waals surface area contributed by atoms with Crippen molar-refractivity contribution in [2.45, 2.75) is 19.3 Å². The molecule has 2 aromatic rings. The van der Waals surface area contributed by atoms with Crippen LogP contribution in [0.2, 0.25) is 0 Å². The molecule has 1 aromatic heterocycles. The average molecular weight is 288 g/mol. The SMILES string of the molecule is CC(CC(=O)CNC(=O)Nc1ccccc1)c1nn[nH]n1. The number of tetrazole rings is 1. The van der Waals surface area contributed by atoms with Gasteiger partial charge in [-0.25, -0.2) is 4.79 Å². The van der Waals surface area contributed by atoms with E-state index in [4.69, 9.17) is 0 Å². The van der Waals surface area contributed by atoms with Crippen LogP contribution in [0.4, 0.5) is 10.5 Å². The Morgan fingerprint density at radius 3 is 2.71 bits per heavy atom. The fourth-order valence-corrected chi connectivity index (χ4v) is 1.76. The Labute approximate surface area is 121 Å². The highest BCUT2D eigenvalue weighted by Gasteiger charge is 2.15. The maximum Gasteiger partial charge on any atom is 0.319 e. The molecule has 0 saturated carbocycles. The second-order valence-corrected chi connectivity index (χ2v) is 4.59. The summed E-state index contributed by atoms with van der Waals surface area (Å²) in [5, 5.41) is 18.6. The van der Waals surface area contributed by atoms with E-state index >= 15 is 0 Å². The van der Waals surface area contributed by atoms with Crippen molar-refractivity contribution in [3.63, 3.8) is 0 Å². The average Bonchev–Trinajstić information content (AvgIpc) is 3.00. The number of aromatic nitrogens is 4. The van der Waals surface area contributed by atoms with Crippen LogP contribution in [0.5, 0.6) is 0 Å². The molecule has 0 aliphatic rings. The van der Waals surface area contributed by atoms with E-state index in [1.54, 1.807) is 12.1 Å². The summed E-state index contributed by atoms with van der Waals surface area (Å²) in [5.41, 5.74) is 0.669. The first kappa shape index (κ1) is 14.6. The number of benzene rings is 1. The van der Waals surface area contributed by atoms with Crippen molar-refractivity contribution < 1.29 is 9.59 Å². The van der Waals surface area contributed by atoms with E-state index in [2.05, 4.69) is 31.3 Å². The standard InChI is InChI=1S/C13H16N6O2/c1-9(12-16-18-19-17-12)7-11(20)8-14-13(21)15-10-5-3-2-4-6-10/h2-6,9H,7-8H2,1H3,(H2,14,15,21)(H,16,17,18,19).